The van der Waals surface area contributed by atoms with Crippen molar-refractivity contribution in [1.29, 1.82) is 0 Å². The van der Waals surface area contributed by atoms with Crippen molar-refractivity contribution >= 4 is 61.1 Å². The van der Waals surface area contributed by atoms with Crippen LogP contribution < -0.4 is 10.2 Å². The number of rotatable bonds is 6. The minimum atomic E-state index is 0.881. The molecule has 0 atom stereocenters. The molecular weight excluding hydrogens is 524 g/mol. The summed E-state index contributed by atoms with van der Waals surface area (Å²) in [5.41, 5.74) is 9.50. The van der Waals surface area contributed by atoms with E-state index in [1.165, 1.54) is 10.8 Å². The SMILES string of the molecule is c1ccc(N(c2ccccc2-c2ccc(Nc3ccc4c(c3)oc3ccccc34)cc2)c2cccc3ccccc23)cc1. The molecule has 3 heteroatoms. The molecule has 8 rings (SSSR count). The first-order valence-electron chi connectivity index (χ1n) is 14.5. The molecule has 0 aliphatic heterocycles. The number of nitrogens with zero attached hydrogens (tertiary/aromatic N) is 1. The van der Waals surface area contributed by atoms with Gasteiger partial charge in [0, 0.05) is 44.9 Å². The maximum atomic E-state index is 6.10. The highest BCUT2D eigenvalue weighted by Crippen LogP contribution is 2.43. The number of hydrogen-bond acceptors (Lipinski definition) is 3. The van der Waals surface area contributed by atoms with Crippen molar-refractivity contribution in [2.24, 2.45) is 0 Å². The third kappa shape index (κ3) is 4.58. The van der Waals surface area contributed by atoms with Crippen molar-refractivity contribution in [2.45, 2.75) is 0 Å². The van der Waals surface area contributed by atoms with Gasteiger partial charge in [-0.15, -0.1) is 0 Å². The highest BCUT2D eigenvalue weighted by Gasteiger charge is 2.18. The Bertz CT molecular complexity index is 2210. The fourth-order valence-corrected chi connectivity index (χ4v) is 6.00. The van der Waals surface area contributed by atoms with Crippen molar-refractivity contribution in [3.63, 3.8) is 0 Å². The lowest BCUT2D eigenvalue weighted by atomic mass is 10.00. The van der Waals surface area contributed by atoms with Gasteiger partial charge in [0.2, 0.25) is 0 Å². The van der Waals surface area contributed by atoms with E-state index in [1.807, 2.05) is 18.2 Å². The molecule has 1 N–H and O–H groups in total. The lowest BCUT2D eigenvalue weighted by Crippen LogP contribution is -2.11. The molecule has 8 aromatic rings. The van der Waals surface area contributed by atoms with Crippen LogP contribution in [0, 0.1) is 0 Å². The molecule has 1 heterocycles. The third-order valence-electron chi connectivity index (χ3n) is 8.03. The Morgan fingerprint density at radius 2 is 1.09 bits per heavy atom. The summed E-state index contributed by atoms with van der Waals surface area (Å²) in [6.45, 7) is 0. The number of hydrogen-bond donors (Lipinski definition) is 1. The van der Waals surface area contributed by atoms with Crippen LogP contribution in [0.3, 0.4) is 0 Å². The molecule has 204 valence electrons. The molecule has 3 nitrogen and oxygen atoms in total. The predicted octanol–water partition coefficient (Wildman–Crippen LogP) is 11.6. The lowest BCUT2D eigenvalue weighted by Gasteiger charge is -2.29. The highest BCUT2D eigenvalue weighted by atomic mass is 16.3. The van der Waals surface area contributed by atoms with E-state index in [0.717, 1.165) is 61.5 Å². The van der Waals surface area contributed by atoms with E-state index < -0.39 is 0 Å². The molecule has 1 aromatic heterocycles. The minimum absolute atomic E-state index is 0.881. The summed E-state index contributed by atoms with van der Waals surface area (Å²) >= 11 is 0. The van der Waals surface area contributed by atoms with Gasteiger partial charge < -0.3 is 14.6 Å². The van der Waals surface area contributed by atoms with Crippen LogP contribution >= 0.6 is 0 Å². The average molecular weight is 553 g/mol. The Labute approximate surface area is 250 Å². The van der Waals surface area contributed by atoms with Gasteiger partial charge in [-0.3, -0.25) is 0 Å². The maximum absolute atomic E-state index is 6.10. The van der Waals surface area contributed by atoms with Gasteiger partial charge in [-0.1, -0.05) is 103 Å². The first-order chi connectivity index (χ1) is 21.3. The Balaban J connectivity index is 1.16. The zero-order chi connectivity index (χ0) is 28.6. The molecule has 0 amide bonds. The Kier molecular flexibility index (Phi) is 6.12. The van der Waals surface area contributed by atoms with E-state index in [4.69, 9.17) is 4.42 Å². The standard InChI is InChI=1S/C40H28N2O/c1-2-13-32(14-3-1)42(38-19-10-12-28-11-4-5-15-33(28)38)37-18-8-6-16-34(37)29-21-23-30(24-22-29)41-31-25-26-36-35-17-7-9-20-39(35)43-40(36)27-31/h1-27,41H. The molecule has 0 saturated heterocycles. The second kappa shape index (κ2) is 10.6. The van der Waals surface area contributed by atoms with Crippen LogP contribution in [0.1, 0.15) is 0 Å². The number of nitrogens with one attached hydrogen (secondary N) is 1. The molecule has 0 aliphatic rings. The van der Waals surface area contributed by atoms with Gasteiger partial charge in [0.25, 0.3) is 0 Å². The van der Waals surface area contributed by atoms with Gasteiger partial charge in [0.05, 0.1) is 11.4 Å². The average Bonchev–Trinajstić information content (AvgIpc) is 3.44. The molecule has 43 heavy (non-hydrogen) atoms. The van der Waals surface area contributed by atoms with Gasteiger partial charge in [-0.2, -0.15) is 0 Å². The predicted molar refractivity (Wildman–Crippen MR) is 181 cm³/mol. The number of anilines is 5. The summed E-state index contributed by atoms with van der Waals surface area (Å²) in [6.07, 6.45) is 0. The number of furan rings is 1. The van der Waals surface area contributed by atoms with E-state index in [9.17, 15) is 0 Å². The topological polar surface area (TPSA) is 28.4 Å². The van der Waals surface area contributed by atoms with Gasteiger partial charge in [-0.05, 0) is 65.5 Å². The van der Waals surface area contributed by atoms with Crippen LogP contribution in [0.2, 0.25) is 0 Å². The fourth-order valence-electron chi connectivity index (χ4n) is 6.00. The summed E-state index contributed by atoms with van der Waals surface area (Å²) < 4.78 is 6.10. The summed E-state index contributed by atoms with van der Waals surface area (Å²) in [4.78, 5) is 2.37. The quantitative estimate of drug-likeness (QED) is 0.222. The van der Waals surface area contributed by atoms with Crippen LogP contribution in [-0.4, -0.2) is 0 Å². The minimum Gasteiger partial charge on any atom is -0.456 e. The largest absolute Gasteiger partial charge is 0.456 e. The molecule has 0 radical (unpaired) electrons. The number of fused-ring (bicyclic) bond motifs is 4. The monoisotopic (exact) mass is 552 g/mol. The molecule has 0 bridgehead atoms. The molecule has 0 fully saturated rings. The summed E-state index contributed by atoms with van der Waals surface area (Å²) in [5, 5.41) is 8.25. The van der Waals surface area contributed by atoms with E-state index in [2.05, 4.69) is 156 Å². The van der Waals surface area contributed by atoms with Crippen molar-refractivity contribution < 1.29 is 4.42 Å². The second-order valence-corrected chi connectivity index (χ2v) is 10.7. The maximum Gasteiger partial charge on any atom is 0.137 e. The highest BCUT2D eigenvalue weighted by molar-refractivity contribution is 6.06. The molecule has 0 unspecified atom stereocenters. The van der Waals surface area contributed by atoms with Crippen molar-refractivity contribution in [3.05, 3.63) is 164 Å². The van der Waals surface area contributed by atoms with Crippen molar-refractivity contribution in [3.8, 4) is 11.1 Å². The first-order valence-corrected chi connectivity index (χ1v) is 14.5. The van der Waals surface area contributed by atoms with E-state index >= 15 is 0 Å². The smallest absolute Gasteiger partial charge is 0.137 e. The molecule has 7 aromatic carbocycles. The van der Waals surface area contributed by atoms with Crippen LogP contribution in [0.15, 0.2) is 168 Å². The Morgan fingerprint density at radius 3 is 1.98 bits per heavy atom. The second-order valence-electron chi connectivity index (χ2n) is 10.7. The van der Waals surface area contributed by atoms with Gasteiger partial charge in [0.1, 0.15) is 11.2 Å². The zero-order valence-corrected chi connectivity index (χ0v) is 23.4. The van der Waals surface area contributed by atoms with Gasteiger partial charge in [0.15, 0.2) is 0 Å². The summed E-state index contributed by atoms with van der Waals surface area (Å²) in [7, 11) is 0. The van der Waals surface area contributed by atoms with Crippen LogP contribution in [0.4, 0.5) is 28.4 Å². The van der Waals surface area contributed by atoms with Crippen molar-refractivity contribution in [2.75, 3.05) is 10.2 Å². The Hall–Kier alpha value is -5.80. The molecule has 0 aliphatic carbocycles. The summed E-state index contributed by atoms with van der Waals surface area (Å²) in [6, 6.07) is 57.4. The number of benzene rings is 7. The van der Waals surface area contributed by atoms with Crippen LogP contribution in [-0.2, 0) is 0 Å². The number of para-hydroxylation sites is 3. The van der Waals surface area contributed by atoms with Crippen molar-refractivity contribution in [1.82, 2.24) is 0 Å². The van der Waals surface area contributed by atoms with E-state index in [-0.39, 0.29) is 0 Å². The molecular formula is C40H28N2O. The summed E-state index contributed by atoms with van der Waals surface area (Å²) in [5.74, 6) is 0. The fraction of sp³-hybridized carbons (Fsp3) is 0. The van der Waals surface area contributed by atoms with E-state index in [0.29, 0.717) is 0 Å². The Morgan fingerprint density at radius 1 is 0.442 bits per heavy atom. The molecule has 0 spiro atoms. The lowest BCUT2D eigenvalue weighted by molar-refractivity contribution is 0.669. The van der Waals surface area contributed by atoms with E-state index in [1.54, 1.807) is 0 Å². The first kappa shape index (κ1) is 25.0. The zero-order valence-electron chi connectivity index (χ0n) is 23.4. The van der Waals surface area contributed by atoms with Crippen LogP contribution in [0.25, 0.3) is 43.8 Å². The third-order valence-corrected chi connectivity index (χ3v) is 8.03. The van der Waals surface area contributed by atoms with Crippen LogP contribution in [0.5, 0.6) is 0 Å². The van der Waals surface area contributed by atoms with Gasteiger partial charge >= 0.3 is 0 Å². The molecule has 0 saturated carbocycles. The normalized spacial score (nSPS) is 11.3. The van der Waals surface area contributed by atoms with Gasteiger partial charge in [-0.25, -0.2) is 0 Å².